The second-order valence-electron chi connectivity index (χ2n) is 10.4. The number of benzene rings is 1. The van der Waals surface area contributed by atoms with E-state index in [2.05, 4.69) is 56.4 Å². The number of hydrogen-bond donors (Lipinski definition) is 0. The molecule has 1 aromatic heterocycles. The Morgan fingerprint density at radius 2 is 1.53 bits per heavy atom. The molecule has 2 aromatic rings. The van der Waals surface area contributed by atoms with Gasteiger partial charge in [-0.05, 0) is 80.6 Å². The minimum absolute atomic E-state index is 0.300. The van der Waals surface area contributed by atoms with Crippen molar-refractivity contribution in [1.29, 1.82) is 0 Å². The van der Waals surface area contributed by atoms with Crippen LogP contribution in [0.4, 0.5) is 5.69 Å². The normalized spacial score (nSPS) is 33.4. The zero-order valence-corrected chi connectivity index (χ0v) is 18.9. The molecule has 1 saturated heterocycles. The van der Waals surface area contributed by atoms with E-state index in [4.69, 9.17) is 17.3 Å². The Hall–Kier alpha value is -1.66. The van der Waals surface area contributed by atoms with Gasteiger partial charge in [0.05, 0.1) is 6.67 Å². The van der Waals surface area contributed by atoms with Crippen molar-refractivity contribution in [2.24, 2.45) is 24.8 Å². The molecule has 30 heavy (non-hydrogen) atoms. The first kappa shape index (κ1) is 19.1. The molecule has 0 unspecified atom stereocenters. The molecule has 5 nitrogen and oxygen atoms in total. The van der Waals surface area contributed by atoms with Crippen LogP contribution in [0.5, 0.6) is 0 Å². The number of nitrogens with zero attached hydrogens (tertiary/aromatic N) is 5. The molecule has 160 valence electrons. The number of rotatable bonds is 4. The molecule has 4 aliphatic carbocycles. The van der Waals surface area contributed by atoms with E-state index in [0.29, 0.717) is 5.41 Å². The number of aromatic nitrogens is 3. The van der Waals surface area contributed by atoms with Crippen molar-refractivity contribution in [2.45, 2.75) is 50.6 Å². The topological polar surface area (TPSA) is 29.2 Å². The fourth-order valence-electron chi connectivity index (χ4n) is 7.40. The van der Waals surface area contributed by atoms with Crippen LogP contribution < -0.4 is 4.90 Å². The predicted molar refractivity (Wildman–Crippen MR) is 122 cm³/mol. The monoisotopic (exact) mass is 423 g/mol. The van der Waals surface area contributed by atoms with Crippen molar-refractivity contribution in [3.05, 3.63) is 40.9 Å². The fourth-order valence-corrected chi connectivity index (χ4v) is 7.59. The Morgan fingerprint density at radius 1 is 0.933 bits per heavy atom. The Morgan fingerprint density at radius 3 is 2.13 bits per heavy atom. The molecule has 0 atom stereocenters. The van der Waals surface area contributed by atoms with Crippen LogP contribution in [0.3, 0.4) is 0 Å². The number of anilines is 1. The maximum absolute atomic E-state index is 5.86. The molecule has 5 aliphatic rings. The van der Waals surface area contributed by atoms with Gasteiger partial charge in [0.1, 0.15) is 5.82 Å². The van der Waals surface area contributed by atoms with E-state index in [1.165, 1.54) is 50.0 Å². The van der Waals surface area contributed by atoms with Gasteiger partial charge in [-0.25, -0.2) is 4.68 Å². The van der Waals surface area contributed by atoms with Crippen molar-refractivity contribution in [1.82, 2.24) is 19.2 Å². The highest BCUT2D eigenvalue weighted by molar-refractivity contribution is 7.71. The first-order valence-electron chi connectivity index (χ1n) is 11.8. The molecule has 5 fully saturated rings. The van der Waals surface area contributed by atoms with E-state index in [9.17, 15) is 0 Å². The summed E-state index contributed by atoms with van der Waals surface area (Å²) in [4.78, 5) is 4.99. The van der Waals surface area contributed by atoms with Crippen molar-refractivity contribution in [3.63, 3.8) is 0 Å². The Balaban J connectivity index is 1.18. The van der Waals surface area contributed by atoms with Gasteiger partial charge in [0.15, 0.2) is 4.77 Å². The number of para-hydroxylation sites is 1. The third kappa shape index (κ3) is 3.14. The second kappa shape index (κ2) is 7.20. The molecule has 6 heteroatoms. The summed E-state index contributed by atoms with van der Waals surface area (Å²) in [7, 11) is 2.16. The maximum atomic E-state index is 5.86. The van der Waals surface area contributed by atoms with E-state index < -0.39 is 0 Å². The van der Waals surface area contributed by atoms with Crippen molar-refractivity contribution in [3.8, 4) is 0 Å². The van der Waals surface area contributed by atoms with Crippen LogP contribution in [0.15, 0.2) is 30.3 Å². The molecular formula is C24H33N5S. The van der Waals surface area contributed by atoms with E-state index >= 15 is 0 Å². The summed E-state index contributed by atoms with van der Waals surface area (Å²) < 4.78 is 5.26. The van der Waals surface area contributed by atoms with Crippen molar-refractivity contribution >= 4 is 17.9 Å². The largest absolute Gasteiger partial charge is 0.369 e. The van der Waals surface area contributed by atoms with Crippen LogP contribution in [0.2, 0.25) is 0 Å². The van der Waals surface area contributed by atoms with E-state index in [1.807, 2.05) is 0 Å². The Bertz CT molecular complexity index is 934. The van der Waals surface area contributed by atoms with Gasteiger partial charge in [-0.2, -0.15) is 5.10 Å². The summed E-state index contributed by atoms with van der Waals surface area (Å²) in [6.45, 7) is 5.06. The summed E-state index contributed by atoms with van der Waals surface area (Å²) in [5, 5.41) is 5.19. The SMILES string of the molecule is Cn1c(C23CC4CC(CC(C4)C2)C3)nn(CN2CCN(c3ccccc3)CC2)c1=S. The van der Waals surface area contributed by atoms with Crippen molar-refractivity contribution in [2.75, 3.05) is 31.1 Å². The van der Waals surface area contributed by atoms with Gasteiger partial charge in [-0.15, -0.1) is 0 Å². The summed E-state index contributed by atoms with van der Waals surface area (Å²) in [5.74, 6) is 4.08. The maximum Gasteiger partial charge on any atom is 0.198 e. The van der Waals surface area contributed by atoms with Gasteiger partial charge >= 0.3 is 0 Å². The number of piperazine rings is 1. The second-order valence-corrected chi connectivity index (χ2v) is 10.8. The fraction of sp³-hybridized carbons (Fsp3) is 0.667. The first-order valence-corrected chi connectivity index (χ1v) is 12.2. The molecule has 1 aromatic carbocycles. The Kier molecular flexibility index (Phi) is 4.57. The summed E-state index contributed by atoms with van der Waals surface area (Å²) >= 11 is 5.86. The summed E-state index contributed by atoms with van der Waals surface area (Å²) in [6, 6.07) is 10.8. The van der Waals surface area contributed by atoms with E-state index in [0.717, 1.165) is 55.4 Å². The van der Waals surface area contributed by atoms with Crippen LogP contribution in [-0.2, 0) is 19.1 Å². The molecule has 0 radical (unpaired) electrons. The minimum Gasteiger partial charge on any atom is -0.369 e. The van der Waals surface area contributed by atoms with E-state index in [1.54, 1.807) is 0 Å². The third-order valence-electron chi connectivity index (χ3n) is 8.38. The molecule has 2 heterocycles. The molecule has 0 spiro atoms. The number of hydrogen-bond acceptors (Lipinski definition) is 4. The van der Waals surface area contributed by atoms with Crippen LogP contribution in [0.25, 0.3) is 0 Å². The van der Waals surface area contributed by atoms with Gasteiger partial charge in [0.25, 0.3) is 0 Å². The van der Waals surface area contributed by atoms with Gasteiger partial charge in [-0.3, -0.25) is 4.90 Å². The molecule has 4 saturated carbocycles. The summed E-state index contributed by atoms with van der Waals surface area (Å²) in [6.07, 6.45) is 8.43. The van der Waals surface area contributed by atoms with Crippen LogP contribution in [-0.4, -0.2) is 45.4 Å². The van der Waals surface area contributed by atoms with Gasteiger partial charge in [-0.1, -0.05) is 18.2 Å². The molecular weight excluding hydrogens is 390 g/mol. The van der Waals surface area contributed by atoms with Crippen LogP contribution in [0, 0.1) is 22.5 Å². The zero-order chi connectivity index (χ0) is 20.3. The molecule has 1 aliphatic heterocycles. The molecule has 4 bridgehead atoms. The van der Waals surface area contributed by atoms with Gasteiger partial charge < -0.3 is 9.47 Å². The lowest BCUT2D eigenvalue weighted by atomic mass is 9.49. The molecule has 7 rings (SSSR count). The third-order valence-corrected chi connectivity index (χ3v) is 8.87. The highest BCUT2D eigenvalue weighted by Gasteiger charge is 2.53. The summed E-state index contributed by atoms with van der Waals surface area (Å²) in [5.41, 5.74) is 1.63. The lowest BCUT2D eigenvalue weighted by Crippen LogP contribution is -2.49. The average Bonchev–Trinajstić information content (AvgIpc) is 3.03. The van der Waals surface area contributed by atoms with Gasteiger partial charge in [0.2, 0.25) is 0 Å². The zero-order valence-electron chi connectivity index (χ0n) is 18.0. The van der Waals surface area contributed by atoms with Crippen LogP contribution >= 0.6 is 12.2 Å². The van der Waals surface area contributed by atoms with Crippen LogP contribution in [0.1, 0.15) is 44.3 Å². The quantitative estimate of drug-likeness (QED) is 0.690. The average molecular weight is 424 g/mol. The highest BCUT2D eigenvalue weighted by Crippen LogP contribution is 2.60. The smallest absolute Gasteiger partial charge is 0.198 e. The lowest BCUT2D eigenvalue weighted by Gasteiger charge is -2.56. The highest BCUT2D eigenvalue weighted by atomic mass is 32.1. The molecule has 0 N–H and O–H groups in total. The van der Waals surface area contributed by atoms with Gasteiger partial charge in [0, 0.05) is 44.3 Å². The Labute approximate surface area is 184 Å². The predicted octanol–water partition coefficient (Wildman–Crippen LogP) is 4.20. The standard InChI is InChI=1S/C24H33N5S/c1-26-22(24-14-18-11-19(15-24)13-20(12-18)16-24)25-29(23(26)30)17-27-7-9-28(10-8-27)21-5-3-2-4-6-21/h2-6,18-20H,7-17H2,1H3. The lowest BCUT2D eigenvalue weighted by molar-refractivity contribution is -0.0111. The van der Waals surface area contributed by atoms with Crippen molar-refractivity contribution < 1.29 is 0 Å². The first-order chi connectivity index (χ1) is 14.6. The molecule has 0 amide bonds. The van der Waals surface area contributed by atoms with E-state index in [-0.39, 0.29) is 0 Å². The minimum atomic E-state index is 0.300.